The Bertz CT molecular complexity index is 275. The van der Waals surface area contributed by atoms with Crippen molar-refractivity contribution >= 4 is 7.60 Å². The number of hydrogen-bond donors (Lipinski definition) is 4. The molecule has 0 rings (SSSR count). The Morgan fingerprint density at radius 2 is 1.33 bits per heavy atom. The molecule has 0 aliphatic rings. The van der Waals surface area contributed by atoms with Gasteiger partial charge in [0.15, 0.2) is 0 Å². The molecule has 18 heavy (non-hydrogen) atoms. The maximum absolute atomic E-state index is 12.0. The molecule has 0 unspecified atom stereocenters. The second-order valence-electron chi connectivity index (χ2n) is 5.07. The second-order valence-corrected chi connectivity index (χ2v) is 6.88. The van der Waals surface area contributed by atoms with Gasteiger partial charge in [-0.1, -0.05) is 27.7 Å². The zero-order chi connectivity index (χ0) is 14.6. The van der Waals surface area contributed by atoms with E-state index in [4.69, 9.17) is 10.2 Å². The van der Waals surface area contributed by atoms with E-state index < -0.39 is 12.9 Å². The summed E-state index contributed by atoms with van der Waals surface area (Å²) in [7, 11) is -4.43. The van der Waals surface area contributed by atoms with Crippen LogP contribution in [-0.2, 0) is 4.57 Å². The molecule has 0 aromatic heterocycles. The predicted molar refractivity (Wildman–Crippen MR) is 70.2 cm³/mol. The highest BCUT2D eigenvalue weighted by molar-refractivity contribution is 7.53. The molecule has 0 aliphatic heterocycles. The molecule has 0 amide bonds. The summed E-state index contributed by atoms with van der Waals surface area (Å²) in [5.74, 6) is -0.618. The van der Waals surface area contributed by atoms with Crippen LogP contribution in [0.1, 0.15) is 27.7 Å². The molecule has 0 heterocycles. The molecule has 110 valence electrons. The molecule has 0 fully saturated rings. The van der Waals surface area contributed by atoms with Crippen molar-refractivity contribution in [2.24, 2.45) is 11.8 Å². The lowest BCUT2D eigenvalue weighted by molar-refractivity contribution is 0.0247. The van der Waals surface area contributed by atoms with Gasteiger partial charge in [-0.2, -0.15) is 0 Å². The molecule has 0 saturated heterocycles. The molecule has 0 saturated carbocycles. The third-order valence-electron chi connectivity index (χ3n) is 3.41. The van der Waals surface area contributed by atoms with Gasteiger partial charge in [0.25, 0.3) is 0 Å². The minimum absolute atomic E-state index is 0.127. The van der Waals surface area contributed by atoms with E-state index in [2.05, 4.69) is 0 Å². The maximum atomic E-state index is 12.0. The van der Waals surface area contributed by atoms with E-state index in [0.29, 0.717) is 0 Å². The van der Waals surface area contributed by atoms with Crippen LogP contribution in [0.2, 0.25) is 0 Å². The molecule has 0 spiro atoms. The summed E-state index contributed by atoms with van der Waals surface area (Å²) in [6.45, 7) is 6.84. The smallest absolute Gasteiger partial charge is 0.346 e. The lowest BCUT2D eigenvalue weighted by Gasteiger charge is -2.49. The third-order valence-corrected chi connectivity index (χ3v) is 5.66. The Morgan fingerprint density at radius 1 is 1.00 bits per heavy atom. The van der Waals surface area contributed by atoms with Crippen molar-refractivity contribution in [2.75, 3.05) is 26.3 Å². The highest BCUT2D eigenvalue weighted by Crippen LogP contribution is 2.60. The standard InChI is InChI=1S/C11H26NO5P/c1-9(2)11(10(3)4,18(15,16)17)12(5-7-13)6-8-14/h9-10,13-14H,5-8H2,1-4H3,(H2,15,16,17). The maximum Gasteiger partial charge on any atom is 0.346 e. The van der Waals surface area contributed by atoms with E-state index in [-0.39, 0.29) is 38.1 Å². The van der Waals surface area contributed by atoms with Gasteiger partial charge in [0.05, 0.1) is 13.2 Å². The van der Waals surface area contributed by atoms with Crippen LogP contribution in [0.5, 0.6) is 0 Å². The van der Waals surface area contributed by atoms with E-state index in [1.165, 1.54) is 4.90 Å². The Labute approximate surface area is 109 Å². The lowest BCUT2D eigenvalue weighted by Crippen LogP contribution is -2.57. The van der Waals surface area contributed by atoms with Crippen molar-refractivity contribution in [3.8, 4) is 0 Å². The molecule has 0 aliphatic carbocycles. The first-order valence-electron chi connectivity index (χ1n) is 6.18. The third kappa shape index (κ3) is 3.32. The van der Waals surface area contributed by atoms with Gasteiger partial charge < -0.3 is 20.0 Å². The highest BCUT2D eigenvalue weighted by Gasteiger charge is 2.55. The van der Waals surface area contributed by atoms with Gasteiger partial charge in [-0.05, 0) is 11.8 Å². The summed E-state index contributed by atoms with van der Waals surface area (Å²) >= 11 is 0. The van der Waals surface area contributed by atoms with Crippen LogP contribution in [0.4, 0.5) is 0 Å². The largest absolute Gasteiger partial charge is 0.395 e. The molecule has 4 N–H and O–H groups in total. The minimum atomic E-state index is -4.43. The Kier molecular flexibility index (Phi) is 7.00. The highest BCUT2D eigenvalue weighted by atomic mass is 31.2. The number of nitrogens with zero attached hydrogens (tertiary/aromatic N) is 1. The zero-order valence-electron chi connectivity index (χ0n) is 11.6. The van der Waals surface area contributed by atoms with Crippen molar-refractivity contribution in [3.63, 3.8) is 0 Å². The van der Waals surface area contributed by atoms with Crippen molar-refractivity contribution in [1.82, 2.24) is 4.90 Å². The van der Waals surface area contributed by atoms with Gasteiger partial charge in [-0.3, -0.25) is 9.46 Å². The van der Waals surface area contributed by atoms with E-state index in [9.17, 15) is 14.4 Å². The van der Waals surface area contributed by atoms with Gasteiger partial charge in [0, 0.05) is 13.1 Å². The van der Waals surface area contributed by atoms with E-state index >= 15 is 0 Å². The second kappa shape index (κ2) is 6.98. The minimum Gasteiger partial charge on any atom is -0.395 e. The van der Waals surface area contributed by atoms with Crippen LogP contribution in [0, 0.1) is 11.8 Å². The molecule has 0 atom stereocenters. The summed E-state index contributed by atoms with van der Waals surface area (Å²) in [5.41, 5.74) is 0. The number of rotatable bonds is 8. The first-order valence-corrected chi connectivity index (χ1v) is 7.79. The molecule has 6 nitrogen and oxygen atoms in total. The van der Waals surface area contributed by atoms with Crippen molar-refractivity contribution in [1.29, 1.82) is 0 Å². The number of hydrogen-bond acceptors (Lipinski definition) is 4. The van der Waals surface area contributed by atoms with Crippen LogP contribution < -0.4 is 0 Å². The Hall–Kier alpha value is 0.0300. The van der Waals surface area contributed by atoms with Crippen LogP contribution >= 0.6 is 7.60 Å². The van der Waals surface area contributed by atoms with E-state index in [1.54, 1.807) is 27.7 Å². The Balaban J connectivity index is 5.73. The fourth-order valence-electron chi connectivity index (χ4n) is 2.97. The van der Waals surface area contributed by atoms with Gasteiger partial charge >= 0.3 is 7.60 Å². The fraction of sp³-hybridized carbons (Fsp3) is 1.00. The quantitative estimate of drug-likeness (QED) is 0.483. The summed E-state index contributed by atoms with van der Waals surface area (Å²) in [4.78, 5) is 21.1. The first kappa shape index (κ1) is 18.0. The first-order chi connectivity index (χ1) is 8.16. The zero-order valence-corrected chi connectivity index (χ0v) is 12.5. The average Bonchev–Trinajstić information content (AvgIpc) is 2.15. The molecular weight excluding hydrogens is 257 g/mol. The van der Waals surface area contributed by atoms with Crippen molar-refractivity contribution in [2.45, 2.75) is 33.0 Å². The topological polar surface area (TPSA) is 101 Å². The molecule has 0 radical (unpaired) electrons. The number of aliphatic hydroxyl groups is 2. The summed E-state index contributed by atoms with van der Waals surface area (Å²) in [6, 6.07) is 0. The predicted octanol–water partition coefficient (Wildman–Crippen LogP) is 0.459. The molecule has 7 heteroatoms. The molecule has 0 aromatic carbocycles. The lowest BCUT2D eigenvalue weighted by atomic mass is 9.90. The summed E-state index contributed by atoms with van der Waals surface area (Å²) in [6.07, 6.45) is 0. The van der Waals surface area contributed by atoms with Gasteiger partial charge in [-0.15, -0.1) is 0 Å². The monoisotopic (exact) mass is 283 g/mol. The van der Waals surface area contributed by atoms with Crippen LogP contribution in [0.25, 0.3) is 0 Å². The molecule has 0 aromatic rings. The molecule has 0 bridgehead atoms. The van der Waals surface area contributed by atoms with Gasteiger partial charge in [-0.25, -0.2) is 0 Å². The summed E-state index contributed by atoms with van der Waals surface area (Å²) in [5, 5.41) is 16.8. The van der Waals surface area contributed by atoms with E-state index in [0.717, 1.165) is 0 Å². The van der Waals surface area contributed by atoms with Crippen molar-refractivity contribution in [3.05, 3.63) is 0 Å². The summed E-state index contributed by atoms with van der Waals surface area (Å²) < 4.78 is 12.0. The average molecular weight is 283 g/mol. The Morgan fingerprint density at radius 3 is 1.50 bits per heavy atom. The van der Waals surface area contributed by atoms with Gasteiger partial charge in [0.2, 0.25) is 0 Å². The number of aliphatic hydroxyl groups excluding tert-OH is 2. The SMILES string of the molecule is CC(C)C(C(C)C)(N(CCO)CCO)P(=O)(O)O. The molecular formula is C11H26NO5P. The van der Waals surface area contributed by atoms with E-state index in [1.807, 2.05) is 0 Å². The van der Waals surface area contributed by atoms with Crippen LogP contribution in [0.3, 0.4) is 0 Å². The van der Waals surface area contributed by atoms with Crippen molar-refractivity contribution < 1.29 is 24.6 Å². The van der Waals surface area contributed by atoms with Gasteiger partial charge in [0.1, 0.15) is 5.28 Å². The normalized spacial score (nSPS) is 13.9. The fourth-order valence-corrected chi connectivity index (χ4v) is 4.88. The van der Waals surface area contributed by atoms with Crippen LogP contribution in [-0.4, -0.2) is 56.5 Å². The van der Waals surface area contributed by atoms with Crippen LogP contribution in [0.15, 0.2) is 0 Å².